The summed E-state index contributed by atoms with van der Waals surface area (Å²) in [6.45, 7) is 4.22. The Morgan fingerprint density at radius 2 is 1.59 bits per heavy atom. The molecule has 4 rings (SSSR count). The minimum absolute atomic E-state index is 0.0160. The first-order valence-corrected chi connectivity index (χ1v) is 12.3. The van der Waals surface area contributed by atoms with Crippen LogP contribution in [0.3, 0.4) is 0 Å². The topological polar surface area (TPSA) is 76.2 Å². The highest BCUT2D eigenvalue weighted by atomic mass is 32.2. The van der Waals surface area contributed by atoms with Crippen molar-refractivity contribution in [1.82, 2.24) is 9.21 Å². The van der Waals surface area contributed by atoms with Crippen molar-refractivity contribution in [2.24, 2.45) is 5.41 Å². The van der Waals surface area contributed by atoms with E-state index in [1.807, 2.05) is 36.1 Å². The van der Waals surface area contributed by atoms with Crippen LogP contribution in [0.25, 0.3) is 0 Å². The van der Waals surface area contributed by atoms with Crippen molar-refractivity contribution in [3.05, 3.63) is 54.1 Å². The third-order valence-corrected chi connectivity index (χ3v) is 8.73. The summed E-state index contributed by atoms with van der Waals surface area (Å²) in [5.41, 5.74) is 0.906. The Morgan fingerprint density at radius 3 is 2.19 bits per heavy atom. The minimum Gasteiger partial charge on any atom is -0.497 e. The molecule has 32 heavy (non-hydrogen) atoms. The molecule has 0 aliphatic carbocycles. The molecule has 1 spiro atoms. The highest BCUT2D eigenvalue weighted by Crippen LogP contribution is 2.43. The number of ether oxygens (including phenoxy) is 2. The van der Waals surface area contributed by atoms with Gasteiger partial charge in [0.1, 0.15) is 11.5 Å². The summed E-state index contributed by atoms with van der Waals surface area (Å²) in [4.78, 5) is 15.2. The minimum atomic E-state index is -3.53. The number of para-hydroxylation sites is 1. The van der Waals surface area contributed by atoms with Crippen molar-refractivity contribution in [2.75, 3.05) is 40.4 Å². The molecular formula is C24H30N2O5S. The largest absolute Gasteiger partial charge is 0.497 e. The van der Waals surface area contributed by atoms with Crippen LogP contribution in [-0.2, 0) is 14.8 Å². The standard InChI is InChI=1S/C24H30N2O5S/c1-18(21-6-4-5-7-22(21)31-3)23(27)25-16-24(17-25)12-14-26(15-13-24)32(28,29)20-10-8-19(30-2)9-11-20/h4-11,18H,12-17H2,1-3H3. The van der Waals surface area contributed by atoms with Crippen LogP contribution in [0.1, 0.15) is 31.2 Å². The van der Waals surface area contributed by atoms with Gasteiger partial charge < -0.3 is 14.4 Å². The Labute approximate surface area is 190 Å². The lowest BCUT2D eigenvalue weighted by Gasteiger charge is -2.54. The van der Waals surface area contributed by atoms with Gasteiger partial charge in [-0.25, -0.2) is 8.42 Å². The van der Waals surface area contributed by atoms with E-state index in [4.69, 9.17) is 9.47 Å². The molecular weight excluding hydrogens is 428 g/mol. The second kappa shape index (κ2) is 8.75. The number of carbonyl (C=O) groups excluding carboxylic acids is 1. The second-order valence-electron chi connectivity index (χ2n) is 8.74. The molecule has 8 heteroatoms. The third-order valence-electron chi connectivity index (χ3n) is 6.82. The molecule has 2 aliphatic rings. The molecule has 1 atom stereocenters. The normalized spacial score (nSPS) is 19.3. The molecule has 0 saturated carbocycles. The molecule has 0 bridgehead atoms. The van der Waals surface area contributed by atoms with Gasteiger partial charge in [-0.15, -0.1) is 0 Å². The molecule has 2 aromatic carbocycles. The fourth-order valence-corrected chi connectivity index (χ4v) is 6.21. The quantitative estimate of drug-likeness (QED) is 0.665. The van der Waals surface area contributed by atoms with Gasteiger partial charge in [0, 0.05) is 37.2 Å². The number of carbonyl (C=O) groups is 1. The maximum atomic E-state index is 13.0. The van der Waals surface area contributed by atoms with Crippen LogP contribution in [0.5, 0.6) is 11.5 Å². The van der Waals surface area contributed by atoms with Crippen LogP contribution >= 0.6 is 0 Å². The van der Waals surface area contributed by atoms with E-state index in [-0.39, 0.29) is 22.1 Å². The Balaban J connectivity index is 1.35. The van der Waals surface area contributed by atoms with Crippen molar-refractivity contribution < 1.29 is 22.7 Å². The number of amides is 1. The van der Waals surface area contributed by atoms with E-state index >= 15 is 0 Å². The molecule has 1 unspecified atom stereocenters. The Hall–Kier alpha value is -2.58. The van der Waals surface area contributed by atoms with E-state index in [1.165, 1.54) is 0 Å². The summed E-state index contributed by atoms with van der Waals surface area (Å²) >= 11 is 0. The van der Waals surface area contributed by atoms with Crippen LogP contribution in [0.15, 0.2) is 53.4 Å². The first-order valence-electron chi connectivity index (χ1n) is 10.9. The number of nitrogens with zero attached hydrogens (tertiary/aromatic N) is 2. The van der Waals surface area contributed by atoms with Crippen LogP contribution in [-0.4, -0.2) is 63.9 Å². The highest BCUT2D eigenvalue weighted by Gasteiger charge is 2.48. The van der Waals surface area contributed by atoms with Crippen molar-refractivity contribution in [1.29, 1.82) is 0 Å². The highest BCUT2D eigenvalue weighted by molar-refractivity contribution is 7.89. The number of hydrogen-bond acceptors (Lipinski definition) is 5. The summed E-state index contributed by atoms with van der Waals surface area (Å²) < 4.78 is 38.1. The van der Waals surface area contributed by atoms with Gasteiger partial charge >= 0.3 is 0 Å². The van der Waals surface area contributed by atoms with Gasteiger partial charge in [0.15, 0.2) is 0 Å². The number of rotatable bonds is 6. The molecule has 0 aromatic heterocycles. The van der Waals surface area contributed by atoms with Gasteiger partial charge in [0.05, 0.1) is 25.0 Å². The fourth-order valence-electron chi connectivity index (χ4n) is 4.76. The van der Waals surface area contributed by atoms with Gasteiger partial charge in [-0.2, -0.15) is 4.31 Å². The zero-order valence-corrected chi connectivity index (χ0v) is 19.6. The van der Waals surface area contributed by atoms with E-state index in [1.54, 1.807) is 42.8 Å². The Morgan fingerprint density at radius 1 is 0.969 bits per heavy atom. The number of methoxy groups -OCH3 is 2. The summed E-state index contributed by atoms with van der Waals surface area (Å²) in [5.74, 6) is 1.16. The first kappa shape index (κ1) is 22.6. The number of hydrogen-bond donors (Lipinski definition) is 0. The van der Waals surface area contributed by atoms with Gasteiger partial charge in [0.2, 0.25) is 15.9 Å². The van der Waals surface area contributed by atoms with Crippen molar-refractivity contribution >= 4 is 15.9 Å². The van der Waals surface area contributed by atoms with Crippen LogP contribution in [0.2, 0.25) is 0 Å². The Kier molecular flexibility index (Phi) is 6.18. The summed E-state index contributed by atoms with van der Waals surface area (Å²) in [7, 11) is -0.359. The van der Waals surface area contributed by atoms with E-state index in [0.717, 1.165) is 24.2 Å². The van der Waals surface area contributed by atoms with Crippen LogP contribution in [0, 0.1) is 5.41 Å². The predicted molar refractivity (Wildman–Crippen MR) is 121 cm³/mol. The summed E-state index contributed by atoms with van der Waals surface area (Å²) in [6.07, 6.45) is 1.52. The Bertz CT molecular complexity index is 1070. The van der Waals surface area contributed by atoms with E-state index in [0.29, 0.717) is 31.9 Å². The molecule has 7 nitrogen and oxygen atoms in total. The van der Waals surface area contributed by atoms with Crippen molar-refractivity contribution in [3.63, 3.8) is 0 Å². The SMILES string of the molecule is COc1ccc(S(=O)(=O)N2CCC3(CC2)CN(C(=O)C(C)c2ccccc2OC)C3)cc1. The molecule has 0 N–H and O–H groups in total. The third kappa shape index (κ3) is 4.09. The number of sulfonamides is 1. The van der Waals surface area contributed by atoms with Crippen LogP contribution < -0.4 is 9.47 Å². The lowest BCUT2D eigenvalue weighted by molar-refractivity contribution is -0.147. The lowest BCUT2D eigenvalue weighted by Crippen LogP contribution is -2.62. The average Bonchev–Trinajstić information content (AvgIpc) is 2.81. The molecule has 2 aromatic rings. The molecule has 2 saturated heterocycles. The van der Waals surface area contributed by atoms with Gasteiger partial charge in [-0.3, -0.25) is 4.79 Å². The van der Waals surface area contributed by atoms with Gasteiger partial charge in [-0.05, 0) is 50.1 Å². The zero-order valence-electron chi connectivity index (χ0n) is 18.8. The zero-order chi connectivity index (χ0) is 22.9. The molecule has 2 aliphatic heterocycles. The molecule has 172 valence electrons. The predicted octanol–water partition coefficient (Wildman–Crippen LogP) is 3.12. The molecule has 1 amide bonds. The van der Waals surface area contributed by atoms with E-state index in [2.05, 4.69) is 0 Å². The summed E-state index contributed by atoms with van der Waals surface area (Å²) in [6, 6.07) is 14.1. The van der Waals surface area contributed by atoms with Crippen LogP contribution in [0.4, 0.5) is 0 Å². The van der Waals surface area contributed by atoms with Gasteiger partial charge in [-0.1, -0.05) is 18.2 Å². The fraction of sp³-hybridized carbons (Fsp3) is 0.458. The molecule has 2 heterocycles. The van der Waals surface area contributed by atoms with E-state index in [9.17, 15) is 13.2 Å². The lowest BCUT2D eigenvalue weighted by atomic mass is 9.72. The average molecular weight is 459 g/mol. The molecule has 2 fully saturated rings. The monoisotopic (exact) mass is 458 g/mol. The first-order chi connectivity index (χ1) is 15.3. The molecule has 0 radical (unpaired) electrons. The maximum Gasteiger partial charge on any atom is 0.243 e. The van der Waals surface area contributed by atoms with E-state index < -0.39 is 10.0 Å². The number of likely N-dealkylation sites (tertiary alicyclic amines) is 1. The summed E-state index contributed by atoms with van der Waals surface area (Å²) in [5, 5.41) is 0. The number of piperidine rings is 1. The second-order valence-corrected chi connectivity index (χ2v) is 10.7. The van der Waals surface area contributed by atoms with Crippen molar-refractivity contribution in [2.45, 2.75) is 30.6 Å². The maximum absolute atomic E-state index is 13.0. The number of benzene rings is 2. The smallest absolute Gasteiger partial charge is 0.243 e. The van der Waals surface area contributed by atoms with Gasteiger partial charge in [0.25, 0.3) is 0 Å². The van der Waals surface area contributed by atoms with Crippen molar-refractivity contribution in [3.8, 4) is 11.5 Å².